The number of halogens is 2. The number of rotatable bonds is 2. The number of nitrogens with zero attached hydrogens (tertiary/aromatic N) is 2. The van der Waals surface area contributed by atoms with Crippen LogP contribution in [0.3, 0.4) is 0 Å². The summed E-state index contributed by atoms with van der Waals surface area (Å²) in [7, 11) is 1.23. The number of methoxy groups -OCH3 is 1. The molecule has 17 heavy (non-hydrogen) atoms. The molecule has 0 aliphatic rings. The summed E-state index contributed by atoms with van der Waals surface area (Å²) >= 11 is 6.71. The Morgan fingerprint density at radius 3 is 2.76 bits per heavy atom. The Hall–Kier alpha value is -1.53. The summed E-state index contributed by atoms with van der Waals surface area (Å²) in [4.78, 5) is 11.3. The minimum absolute atomic E-state index is 0.103. The van der Waals surface area contributed by atoms with Gasteiger partial charge in [-0.2, -0.15) is 8.75 Å². The largest absolute Gasteiger partial charge is 0.465 e. The van der Waals surface area contributed by atoms with Crippen LogP contribution in [0.15, 0.2) is 18.2 Å². The van der Waals surface area contributed by atoms with Gasteiger partial charge in [0.25, 0.3) is 0 Å². The highest BCUT2D eigenvalue weighted by molar-refractivity contribution is 6.99. The predicted molar refractivity (Wildman–Crippen MR) is 61.7 cm³/mol. The zero-order chi connectivity index (χ0) is 12.4. The van der Waals surface area contributed by atoms with Crippen molar-refractivity contribution in [2.24, 2.45) is 0 Å². The van der Waals surface area contributed by atoms with E-state index < -0.39 is 11.8 Å². The van der Waals surface area contributed by atoms with Crippen molar-refractivity contribution in [2.45, 2.75) is 0 Å². The molecule has 2 aromatic rings. The number of benzene rings is 1. The van der Waals surface area contributed by atoms with E-state index in [-0.39, 0.29) is 10.7 Å². The van der Waals surface area contributed by atoms with E-state index in [2.05, 4.69) is 13.5 Å². The fourth-order valence-corrected chi connectivity index (χ4v) is 2.08. The Morgan fingerprint density at radius 2 is 2.18 bits per heavy atom. The van der Waals surface area contributed by atoms with Crippen LogP contribution in [-0.2, 0) is 4.74 Å². The topological polar surface area (TPSA) is 52.1 Å². The zero-order valence-corrected chi connectivity index (χ0v) is 10.2. The van der Waals surface area contributed by atoms with Gasteiger partial charge in [0.15, 0.2) is 5.15 Å². The number of aromatic nitrogens is 2. The molecule has 0 bridgehead atoms. The molecule has 4 nitrogen and oxygen atoms in total. The van der Waals surface area contributed by atoms with Crippen molar-refractivity contribution in [3.63, 3.8) is 0 Å². The molecule has 0 atom stereocenters. The van der Waals surface area contributed by atoms with E-state index >= 15 is 0 Å². The van der Waals surface area contributed by atoms with Crippen molar-refractivity contribution < 1.29 is 13.9 Å². The third-order valence-corrected chi connectivity index (χ3v) is 2.93. The van der Waals surface area contributed by atoms with Crippen molar-refractivity contribution in [2.75, 3.05) is 7.11 Å². The second-order valence-electron chi connectivity index (χ2n) is 3.12. The third-order valence-electron chi connectivity index (χ3n) is 2.04. The van der Waals surface area contributed by atoms with Crippen LogP contribution in [0.4, 0.5) is 4.39 Å². The lowest BCUT2D eigenvalue weighted by atomic mass is 10.1. The lowest BCUT2D eigenvalue weighted by Crippen LogP contribution is -2.02. The summed E-state index contributed by atoms with van der Waals surface area (Å²) < 4.78 is 25.6. The fraction of sp³-hybridized carbons (Fsp3) is 0.100. The van der Waals surface area contributed by atoms with Gasteiger partial charge in [0, 0.05) is 5.56 Å². The Labute approximate surface area is 105 Å². The Balaban J connectivity index is 2.53. The summed E-state index contributed by atoms with van der Waals surface area (Å²) in [6.07, 6.45) is 0. The lowest BCUT2D eigenvalue weighted by molar-refractivity contribution is 0.0600. The number of carbonyl (C=O) groups excluding carboxylic acids is 1. The van der Waals surface area contributed by atoms with Gasteiger partial charge in [0.2, 0.25) is 0 Å². The molecule has 1 heterocycles. The highest BCUT2D eigenvalue weighted by atomic mass is 35.5. The SMILES string of the molecule is COC(=O)c1cc(F)cc(-c2nsnc2Cl)c1. The second-order valence-corrected chi connectivity index (χ2v) is 4.01. The minimum atomic E-state index is -0.620. The first-order valence-electron chi connectivity index (χ1n) is 4.49. The van der Waals surface area contributed by atoms with Gasteiger partial charge in [-0.05, 0) is 18.2 Å². The molecular formula is C10H6ClFN2O2S. The predicted octanol–water partition coefficient (Wildman–Crippen LogP) is 2.78. The number of ether oxygens (including phenoxy) is 1. The Bertz CT molecular complexity index is 573. The number of carbonyl (C=O) groups is 1. The molecule has 0 aliphatic carbocycles. The van der Waals surface area contributed by atoms with Crippen LogP contribution < -0.4 is 0 Å². The van der Waals surface area contributed by atoms with Crippen LogP contribution in [-0.4, -0.2) is 21.8 Å². The molecular weight excluding hydrogens is 267 g/mol. The van der Waals surface area contributed by atoms with Gasteiger partial charge in [-0.25, -0.2) is 9.18 Å². The highest BCUT2D eigenvalue weighted by Gasteiger charge is 2.14. The van der Waals surface area contributed by atoms with Crippen molar-refractivity contribution in [1.29, 1.82) is 0 Å². The van der Waals surface area contributed by atoms with Gasteiger partial charge < -0.3 is 4.74 Å². The normalized spacial score (nSPS) is 10.3. The summed E-state index contributed by atoms with van der Waals surface area (Å²) in [6.45, 7) is 0. The van der Waals surface area contributed by atoms with E-state index in [1.807, 2.05) is 0 Å². The molecule has 1 aromatic heterocycles. The van der Waals surface area contributed by atoms with Gasteiger partial charge in [-0.1, -0.05) is 11.6 Å². The minimum Gasteiger partial charge on any atom is -0.465 e. The molecule has 88 valence electrons. The monoisotopic (exact) mass is 272 g/mol. The van der Waals surface area contributed by atoms with Crippen molar-refractivity contribution in [3.05, 3.63) is 34.7 Å². The number of hydrogen-bond donors (Lipinski definition) is 0. The molecule has 0 radical (unpaired) electrons. The van der Waals surface area contributed by atoms with Gasteiger partial charge in [-0.15, -0.1) is 0 Å². The maximum Gasteiger partial charge on any atom is 0.337 e. The molecule has 7 heteroatoms. The molecule has 0 aliphatic heterocycles. The van der Waals surface area contributed by atoms with E-state index in [0.29, 0.717) is 11.3 Å². The van der Waals surface area contributed by atoms with Gasteiger partial charge in [0.05, 0.1) is 24.4 Å². The maximum absolute atomic E-state index is 13.4. The summed E-state index contributed by atoms with van der Waals surface area (Å²) in [6, 6.07) is 3.77. The van der Waals surface area contributed by atoms with Crippen molar-refractivity contribution in [1.82, 2.24) is 8.75 Å². The maximum atomic E-state index is 13.4. The van der Waals surface area contributed by atoms with E-state index in [0.717, 1.165) is 17.8 Å². The summed E-state index contributed by atoms with van der Waals surface area (Å²) in [5.41, 5.74) is 0.844. The summed E-state index contributed by atoms with van der Waals surface area (Å²) in [5, 5.41) is 0.177. The first-order valence-corrected chi connectivity index (χ1v) is 5.60. The molecule has 2 rings (SSSR count). The first kappa shape index (κ1) is 11.9. The van der Waals surface area contributed by atoms with E-state index in [4.69, 9.17) is 11.6 Å². The smallest absolute Gasteiger partial charge is 0.337 e. The summed E-state index contributed by atoms with van der Waals surface area (Å²) in [5.74, 6) is -1.18. The molecule has 0 amide bonds. The van der Waals surface area contributed by atoms with Crippen LogP contribution in [0.25, 0.3) is 11.3 Å². The second kappa shape index (κ2) is 4.77. The van der Waals surface area contributed by atoms with Crippen LogP contribution >= 0.6 is 23.3 Å². The lowest BCUT2D eigenvalue weighted by Gasteiger charge is -2.02. The number of esters is 1. The van der Waals surface area contributed by atoms with Gasteiger partial charge in [-0.3, -0.25) is 0 Å². The molecule has 0 spiro atoms. The Morgan fingerprint density at radius 1 is 1.41 bits per heavy atom. The molecule has 0 fully saturated rings. The molecule has 0 unspecified atom stereocenters. The van der Waals surface area contributed by atoms with Crippen LogP contribution in [0.5, 0.6) is 0 Å². The average Bonchev–Trinajstić information content (AvgIpc) is 2.73. The first-order chi connectivity index (χ1) is 8.11. The van der Waals surface area contributed by atoms with Crippen molar-refractivity contribution >= 4 is 29.3 Å². The van der Waals surface area contributed by atoms with Crippen LogP contribution in [0.1, 0.15) is 10.4 Å². The van der Waals surface area contributed by atoms with E-state index in [1.54, 1.807) is 0 Å². The van der Waals surface area contributed by atoms with Gasteiger partial charge in [0.1, 0.15) is 11.5 Å². The quantitative estimate of drug-likeness (QED) is 0.789. The molecule has 0 saturated carbocycles. The average molecular weight is 273 g/mol. The van der Waals surface area contributed by atoms with Crippen LogP contribution in [0, 0.1) is 5.82 Å². The van der Waals surface area contributed by atoms with Crippen LogP contribution in [0.2, 0.25) is 5.15 Å². The standard InChI is InChI=1S/C10H6ClFN2O2S/c1-16-10(15)6-2-5(3-7(12)4-6)8-9(11)14-17-13-8/h2-4H,1H3. The van der Waals surface area contributed by atoms with E-state index in [1.165, 1.54) is 19.2 Å². The molecule has 0 saturated heterocycles. The highest BCUT2D eigenvalue weighted by Crippen LogP contribution is 2.27. The van der Waals surface area contributed by atoms with E-state index in [9.17, 15) is 9.18 Å². The van der Waals surface area contributed by atoms with Gasteiger partial charge >= 0.3 is 5.97 Å². The number of hydrogen-bond acceptors (Lipinski definition) is 5. The van der Waals surface area contributed by atoms with Crippen molar-refractivity contribution in [3.8, 4) is 11.3 Å². The Kier molecular flexibility index (Phi) is 3.35. The molecule has 0 N–H and O–H groups in total. The third kappa shape index (κ3) is 2.42. The fourth-order valence-electron chi connectivity index (χ4n) is 1.31. The zero-order valence-electron chi connectivity index (χ0n) is 8.61. The molecule has 1 aromatic carbocycles.